The zero-order valence-electron chi connectivity index (χ0n) is 9.75. The molecular weight excluding hydrogens is 272 g/mol. The third-order valence-electron chi connectivity index (χ3n) is 2.91. The van der Waals surface area contributed by atoms with E-state index in [4.69, 9.17) is 28.9 Å². The van der Waals surface area contributed by atoms with Gasteiger partial charge in [-0.1, -0.05) is 35.3 Å². The summed E-state index contributed by atoms with van der Waals surface area (Å²) in [6.07, 6.45) is 0. The molecule has 0 amide bonds. The van der Waals surface area contributed by atoms with Crippen LogP contribution in [0.2, 0.25) is 10.0 Å². The fraction of sp³-hybridized carbons (Fsp3) is 0.143. The molecule has 0 radical (unpaired) electrons. The summed E-state index contributed by atoms with van der Waals surface area (Å²) in [6.45, 7) is 1.78. The van der Waals surface area contributed by atoms with Gasteiger partial charge >= 0.3 is 0 Å². The quantitative estimate of drug-likeness (QED) is 0.871. The Labute approximate surface area is 115 Å². The second-order valence-corrected chi connectivity index (χ2v) is 5.18. The van der Waals surface area contributed by atoms with E-state index in [0.717, 1.165) is 0 Å². The molecule has 0 aliphatic carbocycles. The Balaban J connectivity index is 2.57. The summed E-state index contributed by atoms with van der Waals surface area (Å²) in [4.78, 5) is 0. The number of halogens is 3. The summed E-state index contributed by atoms with van der Waals surface area (Å²) in [6, 6.07) is 11.2. The van der Waals surface area contributed by atoms with Crippen molar-refractivity contribution in [2.45, 2.75) is 12.5 Å². The van der Waals surface area contributed by atoms with Gasteiger partial charge in [0.25, 0.3) is 0 Å². The van der Waals surface area contributed by atoms with Crippen molar-refractivity contribution in [2.75, 3.05) is 0 Å². The van der Waals surface area contributed by atoms with Gasteiger partial charge in [0.2, 0.25) is 0 Å². The molecule has 0 fully saturated rings. The molecule has 0 aromatic heterocycles. The molecule has 1 nitrogen and oxygen atoms in total. The standard InChI is InChI=1S/C14H12Cl2FN/c1-14(18,9-3-2-4-11(17)7-9)12-8-10(15)5-6-13(12)16/h2-8H,18H2,1H3. The van der Waals surface area contributed by atoms with Crippen molar-refractivity contribution in [3.05, 3.63) is 69.5 Å². The van der Waals surface area contributed by atoms with Crippen LogP contribution in [0.25, 0.3) is 0 Å². The Morgan fingerprint density at radius 2 is 1.83 bits per heavy atom. The van der Waals surface area contributed by atoms with Crippen LogP contribution in [0.15, 0.2) is 42.5 Å². The summed E-state index contributed by atoms with van der Waals surface area (Å²) in [5.74, 6) is -0.331. The summed E-state index contributed by atoms with van der Waals surface area (Å²) in [7, 11) is 0. The Morgan fingerprint density at radius 3 is 2.50 bits per heavy atom. The molecule has 4 heteroatoms. The molecule has 2 N–H and O–H groups in total. The van der Waals surface area contributed by atoms with Crippen LogP contribution < -0.4 is 5.73 Å². The first-order valence-electron chi connectivity index (χ1n) is 5.42. The average molecular weight is 284 g/mol. The van der Waals surface area contributed by atoms with Gasteiger partial charge in [-0.15, -0.1) is 0 Å². The maximum Gasteiger partial charge on any atom is 0.123 e. The van der Waals surface area contributed by atoms with Gasteiger partial charge in [-0.2, -0.15) is 0 Å². The SMILES string of the molecule is CC(N)(c1cccc(F)c1)c1cc(Cl)ccc1Cl. The largest absolute Gasteiger partial charge is 0.318 e. The van der Waals surface area contributed by atoms with Crippen LogP contribution >= 0.6 is 23.2 Å². The van der Waals surface area contributed by atoms with Crippen LogP contribution in [-0.4, -0.2) is 0 Å². The number of nitrogens with two attached hydrogens (primary N) is 1. The molecule has 0 aliphatic heterocycles. The summed E-state index contributed by atoms with van der Waals surface area (Å²) < 4.78 is 13.3. The molecule has 2 aromatic carbocycles. The molecule has 0 saturated carbocycles. The van der Waals surface area contributed by atoms with E-state index in [1.807, 2.05) is 0 Å². The third kappa shape index (κ3) is 2.51. The van der Waals surface area contributed by atoms with Crippen molar-refractivity contribution >= 4 is 23.2 Å². The number of rotatable bonds is 2. The number of benzene rings is 2. The van der Waals surface area contributed by atoms with Crippen LogP contribution in [-0.2, 0) is 5.54 Å². The lowest BCUT2D eigenvalue weighted by atomic mass is 9.85. The van der Waals surface area contributed by atoms with E-state index in [1.54, 1.807) is 37.3 Å². The summed E-state index contributed by atoms with van der Waals surface area (Å²) in [5, 5.41) is 1.05. The van der Waals surface area contributed by atoms with Gasteiger partial charge in [-0.05, 0) is 48.4 Å². The highest BCUT2D eigenvalue weighted by Crippen LogP contribution is 2.33. The van der Waals surface area contributed by atoms with Gasteiger partial charge in [-0.25, -0.2) is 4.39 Å². The van der Waals surface area contributed by atoms with E-state index < -0.39 is 5.54 Å². The molecule has 0 bridgehead atoms. The zero-order valence-corrected chi connectivity index (χ0v) is 11.3. The smallest absolute Gasteiger partial charge is 0.123 e. The monoisotopic (exact) mass is 283 g/mol. The van der Waals surface area contributed by atoms with E-state index in [1.165, 1.54) is 12.1 Å². The van der Waals surface area contributed by atoms with Crippen LogP contribution in [0, 0.1) is 5.82 Å². The molecule has 94 valence electrons. The van der Waals surface area contributed by atoms with Gasteiger partial charge in [0, 0.05) is 10.0 Å². The lowest BCUT2D eigenvalue weighted by Gasteiger charge is -2.27. The van der Waals surface area contributed by atoms with Crippen molar-refractivity contribution in [3.63, 3.8) is 0 Å². The summed E-state index contributed by atoms with van der Waals surface area (Å²) in [5.41, 5.74) is 6.70. The fourth-order valence-electron chi connectivity index (χ4n) is 1.86. The summed E-state index contributed by atoms with van der Waals surface area (Å²) >= 11 is 12.1. The molecule has 0 heterocycles. The van der Waals surface area contributed by atoms with Crippen LogP contribution in [0.3, 0.4) is 0 Å². The lowest BCUT2D eigenvalue weighted by Crippen LogP contribution is -2.34. The van der Waals surface area contributed by atoms with E-state index in [0.29, 0.717) is 21.2 Å². The Kier molecular flexibility index (Phi) is 3.62. The second kappa shape index (κ2) is 4.88. The first-order valence-corrected chi connectivity index (χ1v) is 6.17. The Bertz CT molecular complexity index is 582. The minimum absolute atomic E-state index is 0.331. The van der Waals surface area contributed by atoms with Gasteiger partial charge in [0.15, 0.2) is 0 Å². The third-order valence-corrected chi connectivity index (χ3v) is 3.48. The molecule has 2 rings (SSSR count). The van der Waals surface area contributed by atoms with Crippen LogP contribution in [0.1, 0.15) is 18.1 Å². The first kappa shape index (κ1) is 13.3. The molecule has 1 atom stereocenters. The predicted molar refractivity (Wildman–Crippen MR) is 73.5 cm³/mol. The van der Waals surface area contributed by atoms with Gasteiger partial charge in [-0.3, -0.25) is 0 Å². The van der Waals surface area contributed by atoms with Gasteiger partial charge in [0.1, 0.15) is 5.82 Å². The Hall–Kier alpha value is -1.09. The van der Waals surface area contributed by atoms with E-state index in [2.05, 4.69) is 0 Å². The van der Waals surface area contributed by atoms with Crippen LogP contribution in [0.4, 0.5) is 4.39 Å². The maximum atomic E-state index is 13.3. The predicted octanol–water partition coefficient (Wildman–Crippen LogP) is 4.35. The van der Waals surface area contributed by atoms with Crippen molar-refractivity contribution < 1.29 is 4.39 Å². The van der Waals surface area contributed by atoms with E-state index in [9.17, 15) is 4.39 Å². The van der Waals surface area contributed by atoms with Crippen LogP contribution in [0.5, 0.6) is 0 Å². The zero-order chi connectivity index (χ0) is 13.3. The normalized spacial score (nSPS) is 14.3. The molecule has 0 saturated heterocycles. The minimum atomic E-state index is -0.899. The van der Waals surface area contributed by atoms with Gasteiger partial charge < -0.3 is 5.73 Å². The lowest BCUT2D eigenvalue weighted by molar-refractivity contribution is 0.582. The first-order chi connectivity index (χ1) is 8.41. The topological polar surface area (TPSA) is 26.0 Å². The number of hydrogen-bond donors (Lipinski definition) is 1. The van der Waals surface area contributed by atoms with E-state index >= 15 is 0 Å². The molecule has 1 unspecified atom stereocenters. The molecule has 18 heavy (non-hydrogen) atoms. The van der Waals surface area contributed by atoms with Crippen molar-refractivity contribution in [1.29, 1.82) is 0 Å². The fourth-order valence-corrected chi connectivity index (χ4v) is 2.35. The van der Waals surface area contributed by atoms with Crippen molar-refractivity contribution in [2.24, 2.45) is 5.73 Å². The molecule has 2 aromatic rings. The number of hydrogen-bond acceptors (Lipinski definition) is 1. The Morgan fingerprint density at radius 1 is 1.11 bits per heavy atom. The molecule has 0 spiro atoms. The van der Waals surface area contributed by atoms with Crippen molar-refractivity contribution in [3.8, 4) is 0 Å². The highest BCUT2D eigenvalue weighted by molar-refractivity contribution is 6.33. The van der Waals surface area contributed by atoms with Gasteiger partial charge in [0.05, 0.1) is 5.54 Å². The highest BCUT2D eigenvalue weighted by atomic mass is 35.5. The maximum absolute atomic E-state index is 13.3. The second-order valence-electron chi connectivity index (χ2n) is 4.34. The highest BCUT2D eigenvalue weighted by Gasteiger charge is 2.26. The van der Waals surface area contributed by atoms with Crippen molar-refractivity contribution in [1.82, 2.24) is 0 Å². The van der Waals surface area contributed by atoms with E-state index in [-0.39, 0.29) is 5.82 Å². The molecule has 0 aliphatic rings. The molecular formula is C14H12Cl2FN. The minimum Gasteiger partial charge on any atom is -0.318 e. The average Bonchev–Trinajstić information content (AvgIpc) is 2.32.